The van der Waals surface area contributed by atoms with Crippen molar-refractivity contribution in [1.29, 1.82) is 5.26 Å². The van der Waals surface area contributed by atoms with Crippen LogP contribution in [-0.4, -0.2) is 26.2 Å². The first-order valence-corrected chi connectivity index (χ1v) is 10.2. The Morgan fingerprint density at radius 2 is 1.78 bits per heavy atom. The maximum absolute atomic E-state index is 13.1. The van der Waals surface area contributed by atoms with E-state index >= 15 is 0 Å². The number of esters is 2. The van der Waals surface area contributed by atoms with Crippen LogP contribution in [-0.2, 0) is 25.5 Å². The zero-order valence-electron chi connectivity index (χ0n) is 17.9. The van der Waals surface area contributed by atoms with Gasteiger partial charge in [-0.2, -0.15) is 5.26 Å². The number of ether oxygens (including phenoxy) is 2. The summed E-state index contributed by atoms with van der Waals surface area (Å²) >= 11 is 6.25. The maximum Gasteiger partial charge on any atom is 0.355 e. The van der Waals surface area contributed by atoms with Gasteiger partial charge in [0.1, 0.15) is 11.5 Å². The Morgan fingerprint density at radius 1 is 1.12 bits per heavy atom. The Bertz CT molecular complexity index is 1170. The van der Waals surface area contributed by atoms with E-state index in [1.165, 1.54) is 19.1 Å². The van der Waals surface area contributed by atoms with Crippen LogP contribution in [0.1, 0.15) is 24.0 Å². The first kappa shape index (κ1) is 22.9. The fourth-order valence-corrected chi connectivity index (χ4v) is 3.97. The van der Waals surface area contributed by atoms with E-state index in [1.54, 1.807) is 48.5 Å². The molecule has 0 aromatic heterocycles. The van der Waals surface area contributed by atoms with Crippen LogP contribution in [0.4, 0.5) is 5.69 Å². The minimum atomic E-state index is -0.914. The predicted molar refractivity (Wildman–Crippen MR) is 120 cm³/mol. The fraction of sp³-hybridized carbons (Fsp3) is 0.208. The number of rotatable bonds is 5. The molecular formula is C24H22ClN3O4. The van der Waals surface area contributed by atoms with Crippen molar-refractivity contribution in [3.63, 3.8) is 0 Å². The number of carbonyl (C=O) groups excluding carboxylic acids is 2. The molecule has 0 fully saturated rings. The molecule has 0 saturated carbocycles. The van der Waals surface area contributed by atoms with E-state index in [4.69, 9.17) is 26.8 Å². The SMILES string of the molecule is CCc1ccc(Cl)cc1N1C(N)=C(C#N)C(c2ccccc2)C(C(=O)OC)=C1C(=O)OC. The molecule has 3 rings (SSSR count). The van der Waals surface area contributed by atoms with Gasteiger partial charge >= 0.3 is 11.9 Å². The molecule has 0 spiro atoms. The standard InChI is InChI=1S/C24H22ClN3O4/c1-4-14-10-11-16(25)12-18(14)28-21(24(30)32-3)20(23(29)31-2)19(17(13-26)22(28)27)15-8-6-5-7-9-15/h5-12,19H,4,27H2,1-3H3. The summed E-state index contributed by atoms with van der Waals surface area (Å²) in [5.74, 6) is -2.48. The molecular weight excluding hydrogens is 430 g/mol. The predicted octanol–water partition coefficient (Wildman–Crippen LogP) is 3.80. The summed E-state index contributed by atoms with van der Waals surface area (Å²) in [4.78, 5) is 27.5. The van der Waals surface area contributed by atoms with Gasteiger partial charge in [-0.05, 0) is 29.7 Å². The number of carbonyl (C=O) groups is 2. The van der Waals surface area contributed by atoms with Crippen LogP contribution in [0.15, 0.2) is 71.2 Å². The molecule has 1 atom stereocenters. The van der Waals surface area contributed by atoms with Crippen molar-refractivity contribution in [1.82, 2.24) is 0 Å². The summed E-state index contributed by atoms with van der Waals surface area (Å²) in [6.45, 7) is 1.93. The van der Waals surface area contributed by atoms with Crippen LogP contribution in [0.5, 0.6) is 0 Å². The van der Waals surface area contributed by atoms with E-state index in [1.807, 2.05) is 6.92 Å². The molecule has 32 heavy (non-hydrogen) atoms. The number of benzene rings is 2. The lowest BCUT2D eigenvalue weighted by Crippen LogP contribution is -2.41. The van der Waals surface area contributed by atoms with Gasteiger partial charge in [0.25, 0.3) is 0 Å². The molecule has 8 heteroatoms. The monoisotopic (exact) mass is 451 g/mol. The first-order valence-electron chi connectivity index (χ1n) is 9.83. The van der Waals surface area contributed by atoms with Gasteiger partial charge in [-0.3, -0.25) is 4.90 Å². The molecule has 2 aromatic carbocycles. The number of aryl methyl sites for hydroxylation is 1. The van der Waals surface area contributed by atoms with E-state index < -0.39 is 17.9 Å². The summed E-state index contributed by atoms with van der Waals surface area (Å²) in [6, 6.07) is 16.1. The van der Waals surface area contributed by atoms with Crippen LogP contribution >= 0.6 is 11.6 Å². The lowest BCUT2D eigenvalue weighted by molar-refractivity contribution is -0.139. The molecule has 1 unspecified atom stereocenters. The van der Waals surface area contributed by atoms with Crippen LogP contribution in [0.2, 0.25) is 5.02 Å². The molecule has 0 saturated heterocycles. The number of allylic oxidation sites excluding steroid dienone is 1. The second-order valence-corrected chi connectivity index (χ2v) is 7.40. The highest BCUT2D eigenvalue weighted by molar-refractivity contribution is 6.31. The molecule has 1 heterocycles. The molecule has 0 amide bonds. The summed E-state index contributed by atoms with van der Waals surface area (Å²) in [5, 5.41) is 10.5. The largest absolute Gasteiger partial charge is 0.466 e. The number of methoxy groups -OCH3 is 2. The quantitative estimate of drug-likeness (QED) is 0.689. The third-order valence-electron chi connectivity index (χ3n) is 5.28. The number of hydrogen-bond acceptors (Lipinski definition) is 7. The van der Waals surface area contributed by atoms with Crippen molar-refractivity contribution in [2.45, 2.75) is 19.3 Å². The highest BCUT2D eigenvalue weighted by Gasteiger charge is 2.43. The van der Waals surface area contributed by atoms with Gasteiger partial charge in [0.15, 0.2) is 0 Å². The summed E-state index contributed by atoms with van der Waals surface area (Å²) in [5.41, 5.74) is 8.32. The van der Waals surface area contributed by atoms with Crippen molar-refractivity contribution >= 4 is 29.2 Å². The van der Waals surface area contributed by atoms with Gasteiger partial charge in [-0.25, -0.2) is 9.59 Å². The molecule has 2 N–H and O–H groups in total. The van der Waals surface area contributed by atoms with Crippen LogP contribution in [0, 0.1) is 11.3 Å². The zero-order valence-corrected chi connectivity index (χ0v) is 18.6. The molecule has 2 aromatic rings. The number of nitrogens with zero attached hydrogens (tertiary/aromatic N) is 2. The second kappa shape index (κ2) is 9.58. The van der Waals surface area contributed by atoms with Crippen molar-refractivity contribution in [2.24, 2.45) is 5.73 Å². The average Bonchev–Trinajstić information content (AvgIpc) is 2.82. The Labute approximate surface area is 191 Å². The topological polar surface area (TPSA) is 106 Å². The zero-order chi connectivity index (χ0) is 23.4. The average molecular weight is 452 g/mol. The van der Waals surface area contributed by atoms with Gasteiger partial charge in [0, 0.05) is 5.02 Å². The minimum absolute atomic E-state index is 0.00590. The lowest BCUT2D eigenvalue weighted by Gasteiger charge is -2.36. The van der Waals surface area contributed by atoms with Gasteiger partial charge in [0.05, 0.1) is 43.0 Å². The molecule has 1 aliphatic rings. The molecule has 1 aliphatic heterocycles. The summed E-state index contributed by atoms with van der Waals surface area (Å²) in [7, 11) is 2.42. The lowest BCUT2D eigenvalue weighted by atomic mass is 9.80. The van der Waals surface area contributed by atoms with Crippen LogP contribution < -0.4 is 10.6 Å². The van der Waals surface area contributed by atoms with Crippen LogP contribution in [0.3, 0.4) is 0 Å². The van der Waals surface area contributed by atoms with E-state index in [0.29, 0.717) is 22.7 Å². The van der Waals surface area contributed by atoms with Crippen molar-refractivity contribution in [3.05, 3.63) is 87.3 Å². The Balaban J connectivity index is 2.46. The number of halogens is 1. The fourth-order valence-electron chi connectivity index (χ4n) is 3.81. The van der Waals surface area contributed by atoms with Crippen molar-refractivity contribution < 1.29 is 19.1 Å². The third-order valence-corrected chi connectivity index (χ3v) is 5.51. The Morgan fingerprint density at radius 3 is 2.34 bits per heavy atom. The normalized spacial score (nSPS) is 16.0. The van der Waals surface area contributed by atoms with E-state index in [0.717, 1.165) is 5.56 Å². The smallest absolute Gasteiger partial charge is 0.355 e. The van der Waals surface area contributed by atoms with Crippen molar-refractivity contribution in [3.8, 4) is 6.07 Å². The highest BCUT2D eigenvalue weighted by Crippen LogP contribution is 2.44. The van der Waals surface area contributed by atoms with Crippen molar-refractivity contribution in [2.75, 3.05) is 19.1 Å². The maximum atomic E-state index is 13.1. The molecule has 7 nitrogen and oxygen atoms in total. The summed E-state index contributed by atoms with van der Waals surface area (Å²) in [6.07, 6.45) is 0.586. The Hall–Kier alpha value is -3.76. The number of hydrogen-bond donors (Lipinski definition) is 1. The van der Waals surface area contributed by atoms with Gasteiger partial charge in [-0.1, -0.05) is 54.9 Å². The molecule has 0 bridgehead atoms. The Kier molecular flexibility index (Phi) is 6.86. The summed E-state index contributed by atoms with van der Waals surface area (Å²) < 4.78 is 10.1. The molecule has 0 radical (unpaired) electrons. The van der Waals surface area contributed by atoms with Gasteiger partial charge < -0.3 is 15.2 Å². The number of nitrogens with two attached hydrogens (primary N) is 1. The highest BCUT2D eigenvalue weighted by atomic mass is 35.5. The molecule has 0 aliphatic carbocycles. The second-order valence-electron chi connectivity index (χ2n) is 6.96. The van der Waals surface area contributed by atoms with E-state index in [-0.39, 0.29) is 22.7 Å². The van der Waals surface area contributed by atoms with E-state index in [9.17, 15) is 14.9 Å². The van der Waals surface area contributed by atoms with Gasteiger partial charge in [0.2, 0.25) is 0 Å². The van der Waals surface area contributed by atoms with Crippen LogP contribution in [0.25, 0.3) is 0 Å². The third kappa shape index (κ3) is 3.93. The first-order chi connectivity index (χ1) is 15.4. The number of nitriles is 1. The molecule has 164 valence electrons. The van der Waals surface area contributed by atoms with Gasteiger partial charge in [-0.15, -0.1) is 0 Å². The van der Waals surface area contributed by atoms with E-state index in [2.05, 4.69) is 6.07 Å². The minimum Gasteiger partial charge on any atom is -0.466 e. The number of anilines is 1.